The van der Waals surface area contributed by atoms with Gasteiger partial charge in [-0.3, -0.25) is 24.1 Å². The van der Waals surface area contributed by atoms with Crippen LogP contribution in [0, 0.1) is 12.3 Å². The van der Waals surface area contributed by atoms with E-state index >= 15 is 0 Å². The lowest BCUT2D eigenvalue weighted by Crippen LogP contribution is -2.58. The highest BCUT2D eigenvalue weighted by Gasteiger charge is 2.45. The number of carboxylic acid groups (broad SMARTS) is 1. The Hall–Kier alpha value is -4.62. The van der Waals surface area contributed by atoms with Crippen molar-refractivity contribution in [3.8, 4) is 10.4 Å². The molecule has 4 N–H and O–H groups in total. The van der Waals surface area contributed by atoms with E-state index in [0.717, 1.165) is 21.0 Å². The number of imide groups is 1. The van der Waals surface area contributed by atoms with E-state index in [2.05, 4.69) is 15.6 Å². The molecule has 0 aliphatic carbocycles. The number of thiazole rings is 1. The van der Waals surface area contributed by atoms with Gasteiger partial charge in [0.2, 0.25) is 11.8 Å². The van der Waals surface area contributed by atoms with E-state index in [1.54, 1.807) is 62.7 Å². The van der Waals surface area contributed by atoms with Crippen molar-refractivity contribution < 1.29 is 34.2 Å². The molecule has 0 saturated carbocycles. The summed E-state index contributed by atoms with van der Waals surface area (Å²) in [6.45, 7) is 6.67. The second-order valence-corrected chi connectivity index (χ2v) is 13.2. The summed E-state index contributed by atoms with van der Waals surface area (Å²) < 4.78 is 0. The third-order valence-electron chi connectivity index (χ3n) is 8.13. The Bertz CT molecular complexity index is 1610. The number of hydrogen-bond acceptors (Lipinski definition) is 8. The predicted molar refractivity (Wildman–Crippen MR) is 166 cm³/mol. The highest BCUT2D eigenvalue weighted by atomic mass is 32.1. The molecule has 3 heterocycles. The molecular weight excluding hydrogens is 598 g/mol. The van der Waals surface area contributed by atoms with Gasteiger partial charge in [-0.25, -0.2) is 9.78 Å². The lowest BCUT2D eigenvalue weighted by molar-refractivity contribution is -0.142. The van der Waals surface area contributed by atoms with Crippen LogP contribution in [0.25, 0.3) is 10.4 Å². The minimum absolute atomic E-state index is 0.0646. The molecule has 1 saturated heterocycles. The number of β-amino-alcohol motifs (C(OH)–C–C–N with tert-alkyl or cyclic N) is 1. The van der Waals surface area contributed by atoms with Gasteiger partial charge >= 0.3 is 6.09 Å². The van der Waals surface area contributed by atoms with Gasteiger partial charge in [-0.2, -0.15) is 0 Å². The summed E-state index contributed by atoms with van der Waals surface area (Å²) >= 11 is 1.49. The topological polar surface area (TPSA) is 169 Å². The van der Waals surface area contributed by atoms with E-state index in [0.29, 0.717) is 5.56 Å². The molecule has 12 nitrogen and oxygen atoms in total. The Balaban J connectivity index is 1.44. The normalized spacial score (nSPS) is 19.3. The first kappa shape index (κ1) is 31.8. The van der Waals surface area contributed by atoms with Crippen LogP contribution in [0.4, 0.5) is 4.79 Å². The van der Waals surface area contributed by atoms with Crippen LogP contribution >= 0.6 is 11.3 Å². The Morgan fingerprint density at radius 1 is 1.02 bits per heavy atom. The molecular formula is C32H35N5O7S. The van der Waals surface area contributed by atoms with Crippen LogP contribution in [0.2, 0.25) is 0 Å². The molecule has 2 aliphatic heterocycles. The average Bonchev–Trinajstić information content (AvgIpc) is 3.67. The van der Waals surface area contributed by atoms with E-state index in [4.69, 9.17) is 0 Å². The van der Waals surface area contributed by atoms with Crippen molar-refractivity contribution in [1.29, 1.82) is 0 Å². The number of aliphatic hydroxyl groups is 1. The van der Waals surface area contributed by atoms with Crippen molar-refractivity contribution >= 4 is 41.1 Å². The molecule has 3 aromatic rings. The molecule has 2 unspecified atom stereocenters. The fraction of sp³-hybridized carbons (Fsp3) is 0.375. The summed E-state index contributed by atoms with van der Waals surface area (Å²) in [7, 11) is 0. The Labute approximate surface area is 264 Å². The second kappa shape index (κ2) is 12.4. The zero-order valence-corrected chi connectivity index (χ0v) is 26.1. The molecule has 45 heavy (non-hydrogen) atoms. The number of benzene rings is 2. The van der Waals surface area contributed by atoms with Crippen LogP contribution < -0.4 is 10.6 Å². The van der Waals surface area contributed by atoms with Crippen LogP contribution in [0.5, 0.6) is 0 Å². The highest BCUT2D eigenvalue weighted by molar-refractivity contribution is 7.13. The van der Waals surface area contributed by atoms with Gasteiger partial charge < -0.3 is 25.7 Å². The number of fused-ring (bicyclic) bond motifs is 1. The van der Waals surface area contributed by atoms with Crippen LogP contribution in [-0.2, 0) is 9.59 Å². The third-order valence-corrected chi connectivity index (χ3v) is 9.10. The Kier molecular flexibility index (Phi) is 8.77. The maximum absolute atomic E-state index is 13.9. The molecule has 5 amide bonds. The van der Waals surface area contributed by atoms with E-state index in [9.17, 15) is 34.2 Å². The maximum Gasteiger partial charge on any atom is 0.405 e. The van der Waals surface area contributed by atoms with Gasteiger partial charge in [0.25, 0.3) is 11.8 Å². The SMILES string of the molecule is Cc1ncsc1-c1ccc(C(CN2C(=O)c3ccccc3C2=O)NC(=O)[C@@H]2C[C@@H](O)CN2C(=O)C(NC(=O)O)C(C)(C)C)cc1. The maximum atomic E-state index is 13.9. The lowest BCUT2D eigenvalue weighted by atomic mass is 9.85. The number of nitrogens with one attached hydrogen (secondary N) is 2. The number of aryl methyl sites for hydroxylation is 1. The number of hydrogen-bond donors (Lipinski definition) is 4. The molecule has 13 heteroatoms. The van der Waals surface area contributed by atoms with E-state index in [1.165, 1.54) is 16.2 Å². The van der Waals surface area contributed by atoms with Crippen molar-refractivity contribution in [1.82, 2.24) is 25.4 Å². The monoisotopic (exact) mass is 633 g/mol. The van der Waals surface area contributed by atoms with Crippen molar-refractivity contribution in [2.75, 3.05) is 13.1 Å². The van der Waals surface area contributed by atoms with Crippen LogP contribution in [0.3, 0.4) is 0 Å². The number of aromatic nitrogens is 1. The van der Waals surface area contributed by atoms with Crippen molar-refractivity contribution in [3.05, 3.63) is 76.4 Å². The lowest BCUT2D eigenvalue weighted by Gasteiger charge is -2.35. The number of rotatable bonds is 8. The smallest absolute Gasteiger partial charge is 0.405 e. The summed E-state index contributed by atoms with van der Waals surface area (Å²) in [6.07, 6.45) is -2.46. The van der Waals surface area contributed by atoms with Gasteiger partial charge in [-0.05, 0) is 35.6 Å². The van der Waals surface area contributed by atoms with Gasteiger partial charge in [0.15, 0.2) is 0 Å². The molecule has 2 aromatic carbocycles. The van der Waals surface area contributed by atoms with Gasteiger partial charge in [0, 0.05) is 13.0 Å². The average molecular weight is 634 g/mol. The quantitative estimate of drug-likeness (QED) is 0.274. The second-order valence-electron chi connectivity index (χ2n) is 12.4. The van der Waals surface area contributed by atoms with Crippen molar-refractivity contribution in [2.24, 2.45) is 5.41 Å². The standard InChI is InChI=1S/C32H35N5O7S/c1-17-25(45-16-33-17)19-11-9-18(10-12-19)23(15-37-28(40)21-7-5-6-8-22(21)29(37)41)34-27(39)24-13-20(38)14-36(24)30(42)26(32(2,3)4)35-31(43)44/h5-12,16,20,23-24,26,35,38H,13-15H2,1-4H3,(H,34,39)(H,43,44)/t20-,23?,24+,26?/m1/s1. The van der Waals surface area contributed by atoms with Crippen molar-refractivity contribution in [2.45, 2.75) is 58.3 Å². The summed E-state index contributed by atoms with van der Waals surface area (Å²) in [4.78, 5) is 73.1. The van der Waals surface area contributed by atoms with E-state index in [-0.39, 0.29) is 30.6 Å². The zero-order valence-electron chi connectivity index (χ0n) is 25.3. The Morgan fingerprint density at radius 2 is 1.64 bits per heavy atom. The van der Waals surface area contributed by atoms with Gasteiger partial charge in [-0.15, -0.1) is 11.3 Å². The number of nitrogens with zero attached hydrogens (tertiary/aromatic N) is 3. The minimum atomic E-state index is -1.39. The van der Waals surface area contributed by atoms with Gasteiger partial charge in [-0.1, -0.05) is 57.2 Å². The van der Waals surface area contributed by atoms with E-state index < -0.39 is 59.4 Å². The van der Waals surface area contributed by atoms with Crippen molar-refractivity contribution in [3.63, 3.8) is 0 Å². The number of likely N-dealkylation sites (tertiary alicyclic amines) is 1. The number of aliphatic hydroxyl groups excluding tert-OH is 1. The number of carbonyl (C=O) groups excluding carboxylic acids is 4. The molecule has 0 bridgehead atoms. The fourth-order valence-electron chi connectivity index (χ4n) is 5.78. The third kappa shape index (κ3) is 6.45. The predicted octanol–water partition coefficient (Wildman–Crippen LogP) is 3.22. The highest BCUT2D eigenvalue weighted by Crippen LogP contribution is 2.31. The summed E-state index contributed by atoms with van der Waals surface area (Å²) in [5.41, 5.74) is 3.89. The first-order valence-corrected chi connectivity index (χ1v) is 15.4. The molecule has 1 aromatic heterocycles. The first-order valence-electron chi connectivity index (χ1n) is 14.5. The summed E-state index contributed by atoms with van der Waals surface area (Å²) in [5, 5.41) is 25.1. The van der Waals surface area contributed by atoms with Crippen LogP contribution in [0.1, 0.15) is 65.2 Å². The molecule has 0 spiro atoms. The number of amides is 5. The van der Waals surface area contributed by atoms with E-state index in [1.807, 2.05) is 19.1 Å². The minimum Gasteiger partial charge on any atom is -0.465 e. The molecule has 2 aliphatic rings. The molecule has 236 valence electrons. The number of carbonyl (C=O) groups is 5. The molecule has 4 atom stereocenters. The summed E-state index contributed by atoms with van der Waals surface area (Å²) in [5.74, 6) is -2.20. The van der Waals surface area contributed by atoms with Crippen LogP contribution in [0.15, 0.2) is 54.0 Å². The van der Waals surface area contributed by atoms with Gasteiger partial charge in [0.05, 0.1) is 45.9 Å². The molecule has 5 rings (SSSR count). The summed E-state index contributed by atoms with van der Waals surface area (Å²) in [6, 6.07) is 10.7. The zero-order chi connectivity index (χ0) is 32.6. The fourth-order valence-corrected chi connectivity index (χ4v) is 6.59. The molecule has 1 fully saturated rings. The van der Waals surface area contributed by atoms with Gasteiger partial charge in [0.1, 0.15) is 12.1 Å². The molecule has 0 radical (unpaired) electrons. The largest absolute Gasteiger partial charge is 0.465 e. The first-order chi connectivity index (χ1) is 21.3. The van der Waals surface area contributed by atoms with Crippen LogP contribution in [-0.4, -0.2) is 86.0 Å². The Morgan fingerprint density at radius 3 is 2.18 bits per heavy atom.